The molecule has 1 heterocycles. The summed E-state index contributed by atoms with van der Waals surface area (Å²) < 4.78 is 0. The SMILES string of the molecule is Oc1ccccc1N1CCNC1. The van der Waals surface area contributed by atoms with E-state index < -0.39 is 0 Å². The second kappa shape index (κ2) is 3.03. The standard InChI is InChI=1S/C9H12N2O/c12-9-4-2-1-3-8(9)11-6-5-10-7-11/h1-4,10,12H,5-7H2. The number of anilines is 1. The monoisotopic (exact) mass is 164 g/mol. The van der Waals surface area contributed by atoms with Crippen LogP contribution in [0.15, 0.2) is 24.3 Å². The number of rotatable bonds is 1. The van der Waals surface area contributed by atoms with Crippen molar-refractivity contribution in [3.63, 3.8) is 0 Å². The third kappa shape index (κ3) is 1.23. The Balaban J connectivity index is 2.26. The van der Waals surface area contributed by atoms with E-state index in [1.165, 1.54) is 0 Å². The van der Waals surface area contributed by atoms with Gasteiger partial charge in [0.05, 0.1) is 12.4 Å². The van der Waals surface area contributed by atoms with Gasteiger partial charge in [0, 0.05) is 13.1 Å². The maximum atomic E-state index is 9.50. The molecule has 3 heteroatoms. The molecular formula is C9H12N2O. The minimum absolute atomic E-state index is 0.362. The fraction of sp³-hybridized carbons (Fsp3) is 0.333. The first-order valence-corrected chi connectivity index (χ1v) is 4.11. The van der Waals surface area contributed by atoms with Crippen molar-refractivity contribution in [2.45, 2.75) is 0 Å². The Morgan fingerprint density at radius 1 is 1.33 bits per heavy atom. The molecule has 1 aliphatic rings. The zero-order valence-corrected chi connectivity index (χ0v) is 6.83. The Hall–Kier alpha value is -1.22. The zero-order chi connectivity index (χ0) is 8.39. The van der Waals surface area contributed by atoms with Gasteiger partial charge in [-0.15, -0.1) is 0 Å². The molecule has 64 valence electrons. The summed E-state index contributed by atoms with van der Waals surface area (Å²) in [4.78, 5) is 2.12. The van der Waals surface area contributed by atoms with Gasteiger partial charge in [-0.25, -0.2) is 0 Å². The summed E-state index contributed by atoms with van der Waals surface area (Å²) in [5.41, 5.74) is 0.919. The van der Waals surface area contributed by atoms with Crippen LogP contribution in [0.4, 0.5) is 5.69 Å². The van der Waals surface area contributed by atoms with E-state index in [0.717, 1.165) is 25.4 Å². The summed E-state index contributed by atoms with van der Waals surface area (Å²) in [7, 11) is 0. The Kier molecular flexibility index (Phi) is 1.87. The molecule has 2 N–H and O–H groups in total. The number of nitrogens with one attached hydrogen (secondary N) is 1. The molecule has 0 bridgehead atoms. The highest BCUT2D eigenvalue weighted by Crippen LogP contribution is 2.26. The number of hydrogen-bond donors (Lipinski definition) is 2. The summed E-state index contributed by atoms with van der Waals surface area (Å²) in [5.74, 6) is 0.362. The number of phenolic OH excluding ortho intramolecular Hbond substituents is 1. The van der Waals surface area contributed by atoms with Gasteiger partial charge < -0.3 is 10.0 Å². The minimum Gasteiger partial charge on any atom is -0.506 e. The van der Waals surface area contributed by atoms with Gasteiger partial charge >= 0.3 is 0 Å². The van der Waals surface area contributed by atoms with Gasteiger partial charge in [-0.1, -0.05) is 12.1 Å². The molecule has 0 atom stereocenters. The summed E-state index contributed by atoms with van der Waals surface area (Å²) in [6, 6.07) is 7.42. The number of aromatic hydroxyl groups is 1. The largest absolute Gasteiger partial charge is 0.506 e. The molecule has 0 aliphatic carbocycles. The molecule has 0 saturated carbocycles. The molecular weight excluding hydrogens is 152 g/mol. The number of nitrogens with zero attached hydrogens (tertiary/aromatic N) is 1. The molecule has 1 aromatic rings. The maximum absolute atomic E-state index is 9.50. The van der Waals surface area contributed by atoms with Crippen LogP contribution in [0.3, 0.4) is 0 Å². The third-order valence-corrected chi connectivity index (χ3v) is 2.08. The molecule has 1 fully saturated rings. The molecule has 1 aliphatic heterocycles. The highest BCUT2D eigenvalue weighted by Gasteiger charge is 2.13. The van der Waals surface area contributed by atoms with Crippen LogP contribution >= 0.6 is 0 Å². The normalized spacial score (nSPS) is 16.8. The van der Waals surface area contributed by atoms with Crippen molar-refractivity contribution in [1.29, 1.82) is 0 Å². The van der Waals surface area contributed by atoms with Gasteiger partial charge in [-0.2, -0.15) is 0 Å². The highest BCUT2D eigenvalue weighted by atomic mass is 16.3. The Morgan fingerprint density at radius 2 is 2.17 bits per heavy atom. The van der Waals surface area contributed by atoms with Gasteiger partial charge in [0.25, 0.3) is 0 Å². The number of para-hydroxylation sites is 2. The lowest BCUT2D eigenvalue weighted by Crippen LogP contribution is -2.20. The quantitative estimate of drug-likeness (QED) is 0.643. The van der Waals surface area contributed by atoms with Crippen molar-refractivity contribution < 1.29 is 5.11 Å². The molecule has 0 spiro atoms. The molecule has 3 nitrogen and oxygen atoms in total. The van der Waals surface area contributed by atoms with E-state index >= 15 is 0 Å². The Bertz CT molecular complexity index is 269. The van der Waals surface area contributed by atoms with Crippen LogP contribution in [-0.2, 0) is 0 Å². The Labute approximate surface area is 71.6 Å². The van der Waals surface area contributed by atoms with Crippen molar-refractivity contribution in [2.24, 2.45) is 0 Å². The fourth-order valence-corrected chi connectivity index (χ4v) is 1.44. The molecule has 0 unspecified atom stereocenters. The zero-order valence-electron chi connectivity index (χ0n) is 6.83. The van der Waals surface area contributed by atoms with E-state index in [-0.39, 0.29) is 0 Å². The average molecular weight is 164 g/mol. The molecule has 1 aromatic carbocycles. The third-order valence-electron chi connectivity index (χ3n) is 2.08. The number of benzene rings is 1. The van der Waals surface area contributed by atoms with E-state index in [0.29, 0.717) is 5.75 Å². The molecule has 12 heavy (non-hydrogen) atoms. The summed E-state index contributed by atoms with van der Waals surface area (Å²) in [5, 5.41) is 12.7. The predicted octanol–water partition coefficient (Wildman–Crippen LogP) is 0.759. The molecule has 1 saturated heterocycles. The summed E-state index contributed by atoms with van der Waals surface area (Å²) in [6.07, 6.45) is 0. The molecule has 0 amide bonds. The number of phenols is 1. The van der Waals surface area contributed by atoms with Crippen LogP contribution in [0.5, 0.6) is 5.75 Å². The lowest BCUT2D eigenvalue weighted by Gasteiger charge is -2.17. The Morgan fingerprint density at radius 3 is 2.83 bits per heavy atom. The van der Waals surface area contributed by atoms with Crippen LogP contribution in [0.25, 0.3) is 0 Å². The second-order valence-corrected chi connectivity index (χ2v) is 2.91. The predicted molar refractivity (Wildman–Crippen MR) is 48.3 cm³/mol. The van der Waals surface area contributed by atoms with Gasteiger partial charge in [0.15, 0.2) is 0 Å². The van der Waals surface area contributed by atoms with Crippen LogP contribution in [0.2, 0.25) is 0 Å². The van der Waals surface area contributed by atoms with E-state index in [9.17, 15) is 5.11 Å². The first-order chi connectivity index (χ1) is 5.88. The lowest BCUT2D eigenvalue weighted by atomic mass is 10.3. The van der Waals surface area contributed by atoms with E-state index in [1.54, 1.807) is 6.07 Å². The second-order valence-electron chi connectivity index (χ2n) is 2.91. The fourth-order valence-electron chi connectivity index (χ4n) is 1.44. The van der Waals surface area contributed by atoms with Crippen LogP contribution in [0.1, 0.15) is 0 Å². The molecule has 2 rings (SSSR count). The molecule has 0 radical (unpaired) electrons. The van der Waals surface area contributed by atoms with E-state index in [1.807, 2.05) is 18.2 Å². The van der Waals surface area contributed by atoms with Crippen molar-refractivity contribution in [3.05, 3.63) is 24.3 Å². The van der Waals surface area contributed by atoms with Crippen LogP contribution in [0, 0.1) is 0 Å². The lowest BCUT2D eigenvalue weighted by molar-refractivity contribution is 0.475. The minimum atomic E-state index is 0.362. The first kappa shape index (κ1) is 7.43. The average Bonchev–Trinajstić information content (AvgIpc) is 2.57. The summed E-state index contributed by atoms with van der Waals surface area (Å²) >= 11 is 0. The van der Waals surface area contributed by atoms with Crippen molar-refractivity contribution in [3.8, 4) is 5.75 Å². The van der Waals surface area contributed by atoms with Gasteiger partial charge in [-0.05, 0) is 12.1 Å². The van der Waals surface area contributed by atoms with Gasteiger partial charge in [-0.3, -0.25) is 5.32 Å². The topological polar surface area (TPSA) is 35.5 Å². The van der Waals surface area contributed by atoms with Gasteiger partial charge in [0.2, 0.25) is 0 Å². The van der Waals surface area contributed by atoms with Crippen molar-refractivity contribution in [2.75, 3.05) is 24.7 Å². The van der Waals surface area contributed by atoms with E-state index in [2.05, 4.69) is 10.2 Å². The van der Waals surface area contributed by atoms with E-state index in [4.69, 9.17) is 0 Å². The maximum Gasteiger partial charge on any atom is 0.138 e. The van der Waals surface area contributed by atoms with Crippen molar-refractivity contribution in [1.82, 2.24) is 5.32 Å². The van der Waals surface area contributed by atoms with Crippen LogP contribution in [-0.4, -0.2) is 24.9 Å². The van der Waals surface area contributed by atoms with Crippen LogP contribution < -0.4 is 10.2 Å². The summed E-state index contributed by atoms with van der Waals surface area (Å²) in [6.45, 7) is 2.80. The smallest absolute Gasteiger partial charge is 0.138 e. The first-order valence-electron chi connectivity index (χ1n) is 4.11. The number of hydrogen-bond acceptors (Lipinski definition) is 3. The van der Waals surface area contributed by atoms with Gasteiger partial charge in [0.1, 0.15) is 5.75 Å². The molecule has 0 aromatic heterocycles. The van der Waals surface area contributed by atoms with Crippen molar-refractivity contribution >= 4 is 5.69 Å². The highest BCUT2D eigenvalue weighted by molar-refractivity contribution is 5.57.